The van der Waals surface area contributed by atoms with E-state index in [2.05, 4.69) is 5.32 Å². The van der Waals surface area contributed by atoms with Crippen LogP contribution in [0.4, 0.5) is 0 Å². The lowest BCUT2D eigenvalue weighted by Crippen LogP contribution is -2.51. The van der Waals surface area contributed by atoms with Gasteiger partial charge in [0.25, 0.3) is 0 Å². The Morgan fingerprint density at radius 3 is 2.20 bits per heavy atom. The lowest BCUT2D eigenvalue weighted by Gasteiger charge is -2.31. The van der Waals surface area contributed by atoms with Gasteiger partial charge in [0.15, 0.2) is 0 Å². The molecule has 0 aliphatic heterocycles. The molecule has 1 atom stereocenters. The van der Waals surface area contributed by atoms with Gasteiger partial charge in [-0.25, -0.2) is 8.42 Å². The fraction of sp³-hybridized carbons (Fsp3) is 0.333. The maximum atomic E-state index is 13.4. The SMILES string of the molecule is Cc1ccccc1CN(C(=O)CN(C)S(=O)(=O)c1ccc2ccccc2c1)[C@H](C)C(=O)NC(C)C. The molecule has 0 saturated carbocycles. The second-order valence-electron chi connectivity index (χ2n) is 9.06. The summed E-state index contributed by atoms with van der Waals surface area (Å²) in [5.74, 6) is -0.742. The minimum Gasteiger partial charge on any atom is -0.352 e. The largest absolute Gasteiger partial charge is 0.352 e. The van der Waals surface area contributed by atoms with E-state index in [1.54, 1.807) is 25.1 Å². The zero-order chi connectivity index (χ0) is 25.8. The van der Waals surface area contributed by atoms with E-state index in [1.165, 1.54) is 11.9 Å². The molecule has 35 heavy (non-hydrogen) atoms. The van der Waals surface area contributed by atoms with Crippen molar-refractivity contribution in [2.75, 3.05) is 13.6 Å². The molecule has 0 heterocycles. The molecular weight excluding hydrogens is 462 g/mol. The highest BCUT2D eigenvalue weighted by Gasteiger charge is 2.30. The summed E-state index contributed by atoms with van der Waals surface area (Å²) in [4.78, 5) is 27.7. The number of amides is 2. The first-order valence-corrected chi connectivity index (χ1v) is 13.0. The molecule has 8 heteroatoms. The molecule has 0 saturated heterocycles. The number of likely N-dealkylation sites (N-methyl/N-ethyl adjacent to an activating group) is 1. The third kappa shape index (κ3) is 6.26. The van der Waals surface area contributed by atoms with Crippen LogP contribution in [0.3, 0.4) is 0 Å². The molecule has 0 bridgehead atoms. The van der Waals surface area contributed by atoms with Crippen molar-refractivity contribution in [3.8, 4) is 0 Å². The van der Waals surface area contributed by atoms with Crippen LogP contribution in [0, 0.1) is 6.92 Å². The predicted octanol–water partition coefficient (Wildman–Crippen LogP) is 3.71. The van der Waals surface area contributed by atoms with Crippen molar-refractivity contribution >= 4 is 32.6 Å². The average molecular weight is 496 g/mol. The number of hydrogen-bond donors (Lipinski definition) is 1. The Balaban J connectivity index is 1.86. The van der Waals surface area contributed by atoms with Gasteiger partial charge in [-0.1, -0.05) is 54.6 Å². The molecule has 7 nitrogen and oxygen atoms in total. The quantitative estimate of drug-likeness (QED) is 0.490. The van der Waals surface area contributed by atoms with Gasteiger partial charge in [-0.3, -0.25) is 9.59 Å². The van der Waals surface area contributed by atoms with Gasteiger partial charge in [0.1, 0.15) is 6.04 Å². The van der Waals surface area contributed by atoms with E-state index < -0.39 is 22.0 Å². The van der Waals surface area contributed by atoms with Gasteiger partial charge in [-0.05, 0) is 61.7 Å². The summed E-state index contributed by atoms with van der Waals surface area (Å²) >= 11 is 0. The highest BCUT2D eigenvalue weighted by Crippen LogP contribution is 2.22. The molecule has 3 rings (SSSR count). The van der Waals surface area contributed by atoms with E-state index >= 15 is 0 Å². The van der Waals surface area contributed by atoms with E-state index in [0.717, 1.165) is 26.2 Å². The smallest absolute Gasteiger partial charge is 0.243 e. The van der Waals surface area contributed by atoms with E-state index in [-0.39, 0.29) is 29.9 Å². The second kappa shape index (κ2) is 11.0. The minimum atomic E-state index is -3.92. The lowest BCUT2D eigenvalue weighted by molar-refractivity contribution is -0.140. The summed E-state index contributed by atoms with van der Waals surface area (Å²) in [5, 5.41) is 4.57. The fourth-order valence-corrected chi connectivity index (χ4v) is 4.99. The Morgan fingerprint density at radius 2 is 1.54 bits per heavy atom. The second-order valence-corrected chi connectivity index (χ2v) is 11.1. The molecule has 0 aliphatic carbocycles. The highest BCUT2D eigenvalue weighted by atomic mass is 32.2. The monoisotopic (exact) mass is 495 g/mol. The number of carbonyl (C=O) groups is 2. The van der Waals surface area contributed by atoms with Crippen LogP contribution in [0.2, 0.25) is 0 Å². The van der Waals surface area contributed by atoms with Crippen molar-refractivity contribution in [1.82, 2.24) is 14.5 Å². The van der Waals surface area contributed by atoms with Crippen molar-refractivity contribution < 1.29 is 18.0 Å². The fourth-order valence-electron chi connectivity index (χ4n) is 3.83. The molecule has 3 aromatic carbocycles. The number of rotatable bonds is 9. The maximum absolute atomic E-state index is 13.4. The predicted molar refractivity (Wildman–Crippen MR) is 138 cm³/mol. The Morgan fingerprint density at radius 1 is 0.914 bits per heavy atom. The maximum Gasteiger partial charge on any atom is 0.243 e. The van der Waals surface area contributed by atoms with Crippen LogP contribution in [0.1, 0.15) is 31.9 Å². The molecule has 0 spiro atoms. The normalized spacial score (nSPS) is 12.7. The van der Waals surface area contributed by atoms with Gasteiger partial charge in [0.05, 0.1) is 11.4 Å². The van der Waals surface area contributed by atoms with Crippen LogP contribution in [0.25, 0.3) is 10.8 Å². The zero-order valence-electron chi connectivity index (χ0n) is 20.9. The highest BCUT2D eigenvalue weighted by molar-refractivity contribution is 7.89. The van der Waals surface area contributed by atoms with Crippen molar-refractivity contribution in [2.24, 2.45) is 0 Å². The van der Waals surface area contributed by atoms with Crippen molar-refractivity contribution in [3.63, 3.8) is 0 Å². The Kier molecular flexibility index (Phi) is 8.30. The number of nitrogens with one attached hydrogen (secondary N) is 1. The van der Waals surface area contributed by atoms with Gasteiger partial charge in [-0.2, -0.15) is 4.31 Å². The summed E-state index contributed by atoms with van der Waals surface area (Å²) in [7, 11) is -2.54. The number of nitrogens with zero attached hydrogens (tertiary/aromatic N) is 2. The number of fused-ring (bicyclic) bond motifs is 1. The molecule has 3 aromatic rings. The summed E-state index contributed by atoms with van der Waals surface area (Å²) in [6.45, 7) is 7.10. The summed E-state index contributed by atoms with van der Waals surface area (Å²) in [6.07, 6.45) is 0. The Bertz CT molecular complexity index is 1320. The first-order chi connectivity index (χ1) is 16.5. The first kappa shape index (κ1) is 26.4. The standard InChI is InChI=1S/C27H33N3O4S/c1-19(2)28-27(32)21(4)30(17-24-13-7-6-10-20(24)3)26(31)18-29(5)35(33,34)25-15-14-22-11-8-9-12-23(22)16-25/h6-16,19,21H,17-18H2,1-5H3,(H,28,32)/t21-/m1/s1. The van der Waals surface area contributed by atoms with Crippen molar-refractivity contribution in [2.45, 2.75) is 51.2 Å². The molecule has 0 fully saturated rings. The molecule has 2 amide bonds. The van der Waals surface area contributed by atoms with Gasteiger partial charge in [0, 0.05) is 19.6 Å². The van der Waals surface area contributed by atoms with Gasteiger partial charge in [-0.15, -0.1) is 0 Å². The van der Waals surface area contributed by atoms with Crippen LogP contribution in [-0.2, 0) is 26.2 Å². The molecule has 1 N–H and O–H groups in total. The Hall–Kier alpha value is -3.23. The molecular formula is C27H33N3O4S. The zero-order valence-corrected chi connectivity index (χ0v) is 21.7. The third-order valence-corrected chi connectivity index (χ3v) is 7.79. The summed E-state index contributed by atoms with van der Waals surface area (Å²) in [5.41, 5.74) is 1.88. The number of aryl methyl sites for hydroxylation is 1. The van der Waals surface area contributed by atoms with Crippen LogP contribution in [0.15, 0.2) is 71.6 Å². The van der Waals surface area contributed by atoms with E-state index in [1.807, 2.05) is 69.3 Å². The number of hydrogen-bond acceptors (Lipinski definition) is 4. The van der Waals surface area contributed by atoms with Gasteiger partial charge >= 0.3 is 0 Å². The Labute approximate surface area is 207 Å². The lowest BCUT2D eigenvalue weighted by atomic mass is 10.1. The van der Waals surface area contributed by atoms with Gasteiger partial charge in [0.2, 0.25) is 21.8 Å². The number of sulfonamides is 1. The van der Waals surface area contributed by atoms with Crippen LogP contribution < -0.4 is 5.32 Å². The van der Waals surface area contributed by atoms with Gasteiger partial charge < -0.3 is 10.2 Å². The number of carbonyl (C=O) groups excluding carboxylic acids is 2. The number of benzene rings is 3. The topological polar surface area (TPSA) is 86.8 Å². The van der Waals surface area contributed by atoms with E-state index in [0.29, 0.717) is 0 Å². The molecule has 186 valence electrons. The molecule has 0 radical (unpaired) electrons. The van der Waals surface area contributed by atoms with Crippen LogP contribution >= 0.6 is 0 Å². The third-order valence-electron chi connectivity index (χ3n) is 5.99. The summed E-state index contributed by atoms with van der Waals surface area (Å²) < 4.78 is 27.6. The average Bonchev–Trinajstić information content (AvgIpc) is 2.82. The van der Waals surface area contributed by atoms with Crippen molar-refractivity contribution in [3.05, 3.63) is 77.9 Å². The van der Waals surface area contributed by atoms with Crippen LogP contribution in [0.5, 0.6) is 0 Å². The van der Waals surface area contributed by atoms with E-state index in [9.17, 15) is 18.0 Å². The van der Waals surface area contributed by atoms with E-state index in [4.69, 9.17) is 0 Å². The van der Waals surface area contributed by atoms with Crippen LogP contribution in [-0.4, -0.2) is 55.1 Å². The molecule has 0 aliphatic rings. The summed E-state index contributed by atoms with van der Waals surface area (Å²) in [6, 6.07) is 19.1. The first-order valence-electron chi connectivity index (χ1n) is 11.6. The molecule has 0 aromatic heterocycles. The van der Waals surface area contributed by atoms with Crippen molar-refractivity contribution in [1.29, 1.82) is 0 Å². The molecule has 0 unspecified atom stereocenters. The minimum absolute atomic E-state index is 0.0867.